The molecule has 0 aliphatic carbocycles. The van der Waals surface area contributed by atoms with Gasteiger partial charge in [-0.1, -0.05) is 25.1 Å². The van der Waals surface area contributed by atoms with Gasteiger partial charge < -0.3 is 9.84 Å². The van der Waals surface area contributed by atoms with Crippen LogP contribution in [0.4, 0.5) is 0 Å². The van der Waals surface area contributed by atoms with E-state index in [1.807, 2.05) is 12.1 Å². The van der Waals surface area contributed by atoms with Crippen molar-refractivity contribution in [1.29, 1.82) is 0 Å². The van der Waals surface area contributed by atoms with Gasteiger partial charge in [-0.15, -0.1) is 0 Å². The quantitative estimate of drug-likeness (QED) is 0.898. The van der Waals surface area contributed by atoms with Crippen LogP contribution in [0.5, 0.6) is 5.75 Å². The highest BCUT2D eigenvalue weighted by Gasteiger charge is 2.30. The van der Waals surface area contributed by atoms with E-state index in [2.05, 4.69) is 37.8 Å². The van der Waals surface area contributed by atoms with Crippen molar-refractivity contribution in [2.45, 2.75) is 46.3 Å². The Balaban J connectivity index is 2.06. The van der Waals surface area contributed by atoms with E-state index in [1.165, 1.54) is 5.56 Å². The van der Waals surface area contributed by atoms with Crippen LogP contribution in [0.1, 0.15) is 39.2 Å². The molecule has 1 aromatic carbocycles. The molecule has 1 aromatic rings. The highest BCUT2D eigenvalue weighted by atomic mass is 16.5. The summed E-state index contributed by atoms with van der Waals surface area (Å²) in [6, 6.07) is 8.28. The third-order valence-corrected chi connectivity index (χ3v) is 3.97. The molecule has 0 saturated carbocycles. The smallest absolute Gasteiger partial charge is 0.124 e. The van der Waals surface area contributed by atoms with E-state index < -0.39 is 0 Å². The van der Waals surface area contributed by atoms with Gasteiger partial charge in [0.15, 0.2) is 0 Å². The first-order valence-corrected chi connectivity index (χ1v) is 7.60. The number of piperidine rings is 1. The molecule has 1 saturated heterocycles. The summed E-state index contributed by atoms with van der Waals surface area (Å²) in [6.07, 6.45) is 2.47. The van der Waals surface area contributed by atoms with E-state index in [0.717, 1.165) is 38.2 Å². The lowest BCUT2D eigenvalue weighted by Gasteiger charge is -2.39. The second kappa shape index (κ2) is 6.59. The summed E-state index contributed by atoms with van der Waals surface area (Å²) < 4.78 is 5.89. The molecule has 0 bridgehead atoms. The standard InChI is InChI=1S/C17H27NO2/c1-14(2)20-16-8-5-4-7-15(16)11-18-10-6-9-17(3,12-18)13-19/h4-5,7-8,14,19H,6,9-13H2,1-3H3. The zero-order valence-corrected chi connectivity index (χ0v) is 12.9. The summed E-state index contributed by atoms with van der Waals surface area (Å²) >= 11 is 0. The van der Waals surface area contributed by atoms with Crippen molar-refractivity contribution >= 4 is 0 Å². The molecule has 0 aromatic heterocycles. The van der Waals surface area contributed by atoms with Crippen LogP contribution in [-0.4, -0.2) is 35.8 Å². The second-order valence-electron chi connectivity index (χ2n) is 6.56. The van der Waals surface area contributed by atoms with Crippen molar-refractivity contribution in [3.05, 3.63) is 29.8 Å². The van der Waals surface area contributed by atoms with Crippen LogP contribution < -0.4 is 4.74 Å². The molecular formula is C17H27NO2. The van der Waals surface area contributed by atoms with Gasteiger partial charge in [-0.3, -0.25) is 4.90 Å². The van der Waals surface area contributed by atoms with Crippen molar-refractivity contribution in [1.82, 2.24) is 4.90 Å². The van der Waals surface area contributed by atoms with E-state index in [0.29, 0.717) is 0 Å². The SMILES string of the molecule is CC(C)Oc1ccccc1CN1CCCC(C)(CO)C1. The maximum Gasteiger partial charge on any atom is 0.124 e. The monoisotopic (exact) mass is 277 g/mol. The first-order valence-electron chi connectivity index (χ1n) is 7.60. The lowest BCUT2D eigenvalue weighted by molar-refractivity contribution is 0.0424. The molecule has 1 heterocycles. The van der Waals surface area contributed by atoms with Gasteiger partial charge in [0.1, 0.15) is 5.75 Å². The molecule has 3 nitrogen and oxygen atoms in total. The van der Waals surface area contributed by atoms with Crippen molar-refractivity contribution in [3.8, 4) is 5.75 Å². The normalized spacial score (nSPS) is 24.1. The first-order chi connectivity index (χ1) is 9.52. The van der Waals surface area contributed by atoms with Crippen molar-refractivity contribution < 1.29 is 9.84 Å². The van der Waals surface area contributed by atoms with Crippen molar-refractivity contribution in [2.75, 3.05) is 19.7 Å². The number of para-hydroxylation sites is 1. The third kappa shape index (κ3) is 3.97. The predicted molar refractivity (Wildman–Crippen MR) is 81.9 cm³/mol. The summed E-state index contributed by atoms with van der Waals surface area (Å²) in [4.78, 5) is 2.43. The van der Waals surface area contributed by atoms with Gasteiger partial charge in [0.2, 0.25) is 0 Å². The van der Waals surface area contributed by atoms with Gasteiger partial charge in [0.25, 0.3) is 0 Å². The zero-order valence-electron chi connectivity index (χ0n) is 12.9. The summed E-state index contributed by atoms with van der Waals surface area (Å²) in [6.45, 7) is 9.52. The molecule has 1 unspecified atom stereocenters. The van der Waals surface area contributed by atoms with Gasteiger partial charge in [-0.25, -0.2) is 0 Å². The number of aliphatic hydroxyl groups is 1. The summed E-state index contributed by atoms with van der Waals surface area (Å²) in [5.41, 5.74) is 1.29. The lowest BCUT2D eigenvalue weighted by atomic mass is 9.82. The van der Waals surface area contributed by atoms with Crippen LogP contribution in [0, 0.1) is 5.41 Å². The molecule has 0 radical (unpaired) electrons. The molecular weight excluding hydrogens is 250 g/mol. The maximum absolute atomic E-state index is 9.56. The fourth-order valence-electron chi connectivity index (χ4n) is 2.94. The van der Waals surface area contributed by atoms with E-state index in [4.69, 9.17) is 4.74 Å². The van der Waals surface area contributed by atoms with E-state index in [1.54, 1.807) is 0 Å². The molecule has 20 heavy (non-hydrogen) atoms. The Morgan fingerprint density at radius 1 is 1.35 bits per heavy atom. The highest BCUT2D eigenvalue weighted by Crippen LogP contribution is 2.30. The molecule has 3 heteroatoms. The van der Waals surface area contributed by atoms with Crippen LogP contribution in [0.2, 0.25) is 0 Å². The summed E-state index contributed by atoms with van der Waals surface area (Å²) in [5.74, 6) is 0.985. The van der Waals surface area contributed by atoms with Gasteiger partial charge >= 0.3 is 0 Å². The van der Waals surface area contributed by atoms with Gasteiger partial charge in [0, 0.05) is 30.7 Å². The highest BCUT2D eigenvalue weighted by molar-refractivity contribution is 5.33. The van der Waals surface area contributed by atoms with Crippen LogP contribution in [-0.2, 0) is 6.54 Å². The fourth-order valence-corrected chi connectivity index (χ4v) is 2.94. The largest absolute Gasteiger partial charge is 0.491 e. The molecule has 1 N–H and O–H groups in total. The number of aliphatic hydroxyl groups excluding tert-OH is 1. The molecule has 2 rings (SSSR count). The van der Waals surface area contributed by atoms with Crippen LogP contribution in [0.15, 0.2) is 24.3 Å². The lowest BCUT2D eigenvalue weighted by Crippen LogP contribution is -2.43. The maximum atomic E-state index is 9.56. The molecule has 1 atom stereocenters. The van der Waals surface area contributed by atoms with Gasteiger partial charge in [-0.2, -0.15) is 0 Å². The Bertz CT molecular complexity index is 433. The Labute approximate surface area is 122 Å². The number of likely N-dealkylation sites (tertiary alicyclic amines) is 1. The van der Waals surface area contributed by atoms with E-state index in [9.17, 15) is 5.11 Å². The fraction of sp³-hybridized carbons (Fsp3) is 0.647. The van der Waals surface area contributed by atoms with Gasteiger partial charge in [0.05, 0.1) is 6.10 Å². The Kier molecular flexibility index (Phi) is 5.06. The number of rotatable bonds is 5. The van der Waals surface area contributed by atoms with Crippen LogP contribution in [0.25, 0.3) is 0 Å². The average Bonchev–Trinajstić information content (AvgIpc) is 2.41. The molecule has 0 spiro atoms. The number of hydrogen-bond donors (Lipinski definition) is 1. The van der Waals surface area contributed by atoms with Crippen molar-refractivity contribution in [2.24, 2.45) is 5.41 Å². The Hall–Kier alpha value is -1.06. The molecule has 1 aliphatic rings. The summed E-state index contributed by atoms with van der Waals surface area (Å²) in [5, 5.41) is 9.56. The third-order valence-electron chi connectivity index (χ3n) is 3.97. The van der Waals surface area contributed by atoms with E-state index in [-0.39, 0.29) is 18.1 Å². The number of hydrogen-bond acceptors (Lipinski definition) is 3. The molecule has 1 aliphatic heterocycles. The van der Waals surface area contributed by atoms with Crippen molar-refractivity contribution in [3.63, 3.8) is 0 Å². The Morgan fingerprint density at radius 3 is 2.80 bits per heavy atom. The summed E-state index contributed by atoms with van der Waals surface area (Å²) in [7, 11) is 0. The minimum Gasteiger partial charge on any atom is -0.491 e. The van der Waals surface area contributed by atoms with Crippen LogP contribution in [0.3, 0.4) is 0 Å². The first kappa shape index (κ1) is 15.3. The van der Waals surface area contributed by atoms with Gasteiger partial charge in [-0.05, 0) is 39.3 Å². The molecule has 1 fully saturated rings. The number of ether oxygens (including phenoxy) is 1. The minimum atomic E-state index is 0.0477. The molecule has 0 amide bonds. The number of nitrogens with zero attached hydrogens (tertiary/aromatic N) is 1. The Morgan fingerprint density at radius 2 is 2.10 bits per heavy atom. The number of benzene rings is 1. The molecule has 112 valence electrons. The van der Waals surface area contributed by atoms with Crippen LogP contribution >= 0.6 is 0 Å². The second-order valence-corrected chi connectivity index (χ2v) is 6.56. The zero-order chi connectivity index (χ0) is 14.6. The average molecular weight is 277 g/mol. The van der Waals surface area contributed by atoms with E-state index >= 15 is 0 Å². The predicted octanol–water partition coefficient (Wildman–Crippen LogP) is 3.07. The minimum absolute atomic E-state index is 0.0477. The topological polar surface area (TPSA) is 32.7 Å².